The number of piperidine rings is 2. The normalized spacial score (nSPS) is 30.3. The van der Waals surface area contributed by atoms with Crippen LogP contribution in [0.25, 0.3) is 0 Å². The number of aromatic hydroxyl groups is 1. The van der Waals surface area contributed by atoms with E-state index in [-0.39, 0.29) is 26.1 Å². The Kier molecular flexibility index (Phi) is 9.20. The second-order valence-electron chi connectivity index (χ2n) is 11.3. The summed E-state index contributed by atoms with van der Waals surface area (Å²) in [6, 6.07) is 7.84. The lowest BCUT2D eigenvalue weighted by molar-refractivity contribution is -0.980. The van der Waals surface area contributed by atoms with Gasteiger partial charge in [0.2, 0.25) is 0 Å². The maximum Gasteiger partial charge on any atom is 0.306 e. The lowest BCUT2D eigenvalue weighted by Gasteiger charge is -2.63. The zero-order valence-corrected chi connectivity index (χ0v) is 22.2. The molecule has 4 fully saturated rings. The van der Waals surface area contributed by atoms with Crippen LogP contribution in [-0.4, -0.2) is 78.5 Å². The average molecular weight is 521 g/mol. The van der Waals surface area contributed by atoms with Crippen molar-refractivity contribution in [1.82, 2.24) is 4.90 Å². The van der Waals surface area contributed by atoms with Crippen molar-refractivity contribution in [1.29, 1.82) is 0 Å². The first-order valence-electron chi connectivity index (χ1n) is 13.0. The number of hydrogen-bond donors (Lipinski definition) is 3. The number of aliphatic hydroxyl groups excluding tert-OH is 1. The van der Waals surface area contributed by atoms with E-state index in [1.165, 1.54) is 38.2 Å². The average Bonchev–Trinajstić information content (AvgIpc) is 2.78. The van der Waals surface area contributed by atoms with Crippen LogP contribution < -0.4 is 10.0 Å². The van der Waals surface area contributed by atoms with Gasteiger partial charge in [0.15, 0.2) is 6.17 Å². The number of carbonyl (C=O) groups excluding carboxylic acids is 3. The third kappa shape index (κ3) is 7.21. The quantitative estimate of drug-likeness (QED) is 0.372. The van der Waals surface area contributed by atoms with E-state index >= 15 is 0 Å². The van der Waals surface area contributed by atoms with Gasteiger partial charge in [-0.2, -0.15) is 0 Å². The van der Waals surface area contributed by atoms with Gasteiger partial charge in [-0.15, -0.1) is 0 Å². The number of carboxylic acids is 1. The van der Waals surface area contributed by atoms with Gasteiger partial charge in [-0.1, -0.05) is 13.8 Å². The number of ether oxygens (including phenoxy) is 2. The predicted molar refractivity (Wildman–Crippen MR) is 131 cm³/mol. The summed E-state index contributed by atoms with van der Waals surface area (Å²) in [5.41, 5.74) is 2.38. The molecule has 3 N–H and O–H groups in total. The Hall–Kier alpha value is -2.69. The first kappa shape index (κ1) is 28.9. The fourth-order valence-electron chi connectivity index (χ4n) is 6.67. The summed E-state index contributed by atoms with van der Waals surface area (Å²) in [7, 11) is 0. The molecule has 206 valence electrons. The lowest BCUT2D eigenvalue weighted by atomic mass is 9.63. The summed E-state index contributed by atoms with van der Waals surface area (Å²) in [6.07, 6.45) is -0.799. The molecule has 0 radical (unpaired) electrons. The van der Waals surface area contributed by atoms with Gasteiger partial charge in [0.05, 0.1) is 51.2 Å². The first-order chi connectivity index (χ1) is 17.4. The summed E-state index contributed by atoms with van der Waals surface area (Å²) in [6.45, 7) is 13.4. The molecule has 5 rings (SSSR count). The Labute approximate surface area is 218 Å². The molecule has 4 aliphatic heterocycles. The molecule has 4 bridgehead atoms. The van der Waals surface area contributed by atoms with Crippen molar-refractivity contribution in [2.75, 3.05) is 39.4 Å². The molecule has 10 nitrogen and oxygen atoms in total. The number of nitrogens with one attached hydrogen (secondary N) is 1. The molecule has 1 aromatic carbocycles. The van der Waals surface area contributed by atoms with Crippen LogP contribution in [0, 0.1) is 16.7 Å². The number of aliphatic carboxylic acids is 1. The molecular formula is C27H40N2O8. The third-order valence-corrected chi connectivity index (χ3v) is 7.45. The Morgan fingerprint density at radius 1 is 1.03 bits per heavy atom. The molecule has 4 heterocycles. The van der Waals surface area contributed by atoms with Gasteiger partial charge in [-0.3, -0.25) is 9.59 Å². The fourth-order valence-corrected chi connectivity index (χ4v) is 6.67. The Bertz CT molecular complexity index is 910. The molecule has 0 aliphatic carbocycles. The number of nitrogens with zero attached hydrogens (tertiary/aromatic N) is 1. The maximum atomic E-state index is 11.2. The highest BCUT2D eigenvalue weighted by Crippen LogP contribution is 2.46. The molecule has 4 saturated heterocycles. The Morgan fingerprint density at radius 3 is 1.92 bits per heavy atom. The molecule has 10 heteroatoms. The van der Waals surface area contributed by atoms with Crippen LogP contribution in [0.4, 0.5) is 0 Å². The number of hydrogen-bond acceptors (Lipinski definition) is 9. The van der Waals surface area contributed by atoms with Crippen molar-refractivity contribution < 1.29 is 44.1 Å². The van der Waals surface area contributed by atoms with Crippen LogP contribution in [0.15, 0.2) is 24.3 Å². The minimum absolute atomic E-state index is 0.131. The van der Waals surface area contributed by atoms with E-state index in [2.05, 4.69) is 40.4 Å². The number of aliphatic hydroxyl groups is 1. The molecule has 0 aromatic heterocycles. The number of esters is 2. The number of phenols is 1. The fraction of sp³-hybridized carbons (Fsp3) is 0.667. The maximum absolute atomic E-state index is 11.2. The van der Waals surface area contributed by atoms with Crippen molar-refractivity contribution in [3.05, 3.63) is 29.8 Å². The summed E-state index contributed by atoms with van der Waals surface area (Å²) in [5.74, 6) is -3.87. The summed E-state index contributed by atoms with van der Waals surface area (Å²) in [5, 5.41) is 29.4. The van der Waals surface area contributed by atoms with E-state index in [0.717, 1.165) is 0 Å². The molecule has 4 atom stereocenters. The zero-order valence-electron chi connectivity index (χ0n) is 22.2. The summed E-state index contributed by atoms with van der Waals surface area (Å²) >= 11 is 0. The number of benzene rings is 1. The van der Waals surface area contributed by atoms with Crippen molar-refractivity contribution in [3.8, 4) is 5.75 Å². The molecular weight excluding hydrogens is 480 g/mol. The van der Waals surface area contributed by atoms with E-state index in [1.807, 2.05) is 12.1 Å². The minimum Gasteiger partial charge on any atom is -0.547 e. The molecule has 4 aliphatic rings. The highest BCUT2D eigenvalue weighted by Gasteiger charge is 2.59. The van der Waals surface area contributed by atoms with Gasteiger partial charge in [0, 0.05) is 35.4 Å². The van der Waals surface area contributed by atoms with Gasteiger partial charge >= 0.3 is 11.9 Å². The molecule has 0 amide bonds. The van der Waals surface area contributed by atoms with Gasteiger partial charge in [0.1, 0.15) is 5.75 Å². The monoisotopic (exact) mass is 520 g/mol. The molecule has 1 aromatic rings. The molecule has 4 unspecified atom stereocenters. The van der Waals surface area contributed by atoms with Crippen LogP contribution in [0.5, 0.6) is 5.75 Å². The standard InChI is InChI=1S/C16H22N2O.C11H18O7/c1-15-7-16(2)10-17(8-15)14(18(9-15)11-16)12-3-5-13(19)6-4-12;1-3-17-8(12)5-7(10(14)11(15)16)6-9(13)18-4-2/h3-6,14,19H,7-11H2,1-2H3;7,10,14H,3-6H2,1-2H3,(H,15,16). The molecule has 37 heavy (non-hydrogen) atoms. The van der Waals surface area contributed by atoms with Gasteiger partial charge < -0.3 is 34.5 Å². The largest absolute Gasteiger partial charge is 0.547 e. The number of carbonyl (C=O) groups is 3. The van der Waals surface area contributed by atoms with E-state index in [9.17, 15) is 29.7 Å². The second-order valence-corrected chi connectivity index (χ2v) is 11.3. The van der Waals surface area contributed by atoms with Crippen molar-refractivity contribution in [2.45, 2.75) is 59.2 Å². The molecule has 0 saturated carbocycles. The number of rotatable bonds is 9. The van der Waals surface area contributed by atoms with Crippen LogP contribution in [0.1, 0.15) is 58.7 Å². The van der Waals surface area contributed by atoms with E-state index in [0.29, 0.717) is 22.7 Å². The van der Waals surface area contributed by atoms with Gasteiger partial charge in [-0.05, 0) is 44.5 Å². The van der Waals surface area contributed by atoms with Crippen molar-refractivity contribution in [3.63, 3.8) is 0 Å². The SMILES string of the molecule is CC12CN3CC(C)(C[NH+](C1)C3c1ccc(O)cc1)C2.CCOC(=O)CC(CC(=O)OCC)C(O)C(=O)[O-]. The summed E-state index contributed by atoms with van der Waals surface area (Å²) < 4.78 is 9.26. The zero-order chi connectivity index (χ0) is 27.4. The Balaban J connectivity index is 0.000000206. The molecule has 0 spiro atoms. The second kappa shape index (κ2) is 11.8. The first-order valence-corrected chi connectivity index (χ1v) is 13.0. The third-order valence-electron chi connectivity index (χ3n) is 7.45. The smallest absolute Gasteiger partial charge is 0.306 e. The van der Waals surface area contributed by atoms with Crippen molar-refractivity contribution >= 4 is 17.9 Å². The van der Waals surface area contributed by atoms with E-state index in [4.69, 9.17) is 0 Å². The summed E-state index contributed by atoms with van der Waals surface area (Å²) in [4.78, 5) is 37.4. The minimum atomic E-state index is -1.92. The lowest BCUT2D eigenvalue weighted by Crippen LogP contribution is -3.21. The van der Waals surface area contributed by atoms with Crippen molar-refractivity contribution in [2.24, 2.45) is 16.7 Å². The van der Waals surface area contributed by atoms with Gasteiger partial charge in [0.25, 0.3) is 0 Å². The van der Waals surface area contributed by atoms with Crippen LogP contribution in [0.2, 0.25) is 0 Å². The number of carboxylic acid groups (broad SMARTS) is 1. The number of phenolic OH excluding ortho intramolecular Hbond substituents is 1. The van der Waals surface area contributed by atoms with Crippen LogP contribution >= 0.6 is 0 Å². The topological polar surface area (TPSA) is 141 Å². The van der Waals surface area contributed by atoms with E-state index in [1.54, 1.807) is 18.7 Å². The highest BCUT2D eigenvalue weighted by atomic mass is 16.5. The Morgan fingerprint density at radius 2 is 1.51 bits per heavy atom. The number of quaternary nitrogens is 1. The highest BCUT2D eigenvalue weighted by molar-refractivity contribution is 5.77. The van der Waals surface area contributed by atoms with Crippen LogP contribution in [0.3, 0.4) is 0 Å². The van der Waals surface area contributed by atoms with E-state index < -0.39 is 29.9 Å². The van der Waals surface area contributed by atoms with Crippen LogP contribution in [-0.2, 0) is 23.9 Å². The predicted octanol–water partition coefficient (Wildman–Crippen LogP) is -0.359. The van der Waals surface area contributed by atoms with Gasteiger partial charge in [-0.25, -0.2) is 4.90 Å².